The summed E-state index contributed by atoms with van der Waals surface area (Å²) >= 11 is 1.81. The van der Waals surface area contributed by atoms with E-state index in [9.17, 15) is 0 Å². The number of nitrogens with two attached hydrogens (primary N) is 1. The minimum absolute atomic E-state index is 0.320. The first-order valence-corrected chi connectivity index (χ1v) is 9.01. The number of rotatable bonds is 5. The van der Waals surface area contributed by atoms with Crippen molar-refractivity contribution in [3.63, 3.8) is 0 Å². The molecule has 0 radical (unpaired) electrons. The van der Waals surface area contributed by atoms with Crippen LogP contribution in [0.3, 0.4) is 0 Å². The highest BCUT2D eigenvalue weighted by Gasteiger charge is 2.39. The molecule has 2 nitrogen and oxygen atoms in total. The van der Waals surface area contributed by atoms with Gasteiger partial charge in [0.15, 0.2) is 0 Å². The molecule has 112 valence electrons. The Hall–Kier alpha value is -0.380. The first kappa shape index (κ1) is 14.6. The molecule has 0 spiro atoms. The Morgan fingerprint density at radius 1 is 1.35 bits per heavy atom. The first-order valence-electron chi connectivity index (χ1n) is 8.07. The maximum atomic E-state index is 6.57. The van der Waals surface area contributed by atoms with Crippen LogP contribution in [-0.2, 0) is 6.54 Å². The Kier molecular flexibility index (Phi) is 4.21. The fourth-order valence-corrected chi connectivity index (χ4v) is 4.37. The molecule has 2 N–H and O–H groups in total. The smallest absolute Gasteiger partial charge is 0.0245 e. The van der Waals surface area contributed by atoms with Gasteiger partial charge in [0, 0.05) is 25.2 Å². The Bertz CT molecular complexity index is 422. The molecule has 0 amide bonds. The van der Waals surface area contributed by atoms with Crippen LogP contribution in [0, 0.1) is 11.3 Å². The summed E-state index contributed by atoms with van der Waals surface area (Å²) in [5.74, 6) is 0.679. The third kappa shape index (κ3) is 3.26. The number of hydrogen-bond acceptors (Lipinski definition) is 3. The minimum atomic E-state index is 0.320. The average Bonchev–Trinajstić information content (AvgIpc) is 3.13. The van der Waals surface area contributed by atoms with Gasteiger partial charge in [-0.15, -0.1) is 0 Å². The van der Waals surface area contributed by atoms with E-state index in [4.69, 9.17) is 5.73 Å². The Balaban J connectivity index is 1.64. The van der Waals surface area contributed by atoms with Gasteiger partial charge >= 0.3 is 0 Å². The molecule has 3 rings (SSSR count). The van der Waals surface area contributed by atoms with E-state index >= 15 is 0 Å². The molecule has 0 saturated heterocycles. The third-order valence-corrected chi connectivity index (χ3v) is 6.04. The second-order valence-corrected chi connectivity index (χ2v) is 8.24. The Morgan fingerprint density at radius 3 is 2.80 bits per heavy atom. The second kappa shape index (κ2) is 5.78. The fourth-order valence-electron chi connectivity index (χ4n) is 3.71. The summed E-state index contributed by atoms with van der Waals surface area (Å²) in [4.78, 5) is 2.70. The van der Waals surface area contributed by atoms with E-state index in [2.05, 4.69) is 35.6 Å². The van der Waals surface area contributed by atoms with E-state index in [1.54, 1.807) is 0 Å². The fraction of sp³-hybridized carbons (Fsp3) is 0.765. The predicted octanol–water partition coefficient (Wildman–Crippen LogP) is 3.87. The summed E-state index contributed by atoms with van der Waals surface area (Å²) in [6.45, 7) is 7.03. The van der Waals surface area contributed by atoms with E-state index in [1.807, 2.05) is 11.3 Å². The van der Waals surface area contributed by atoms with Crippen LogP contribution in [0.4, 0.5) is 0 Å². The predicted molar refractivity (Wildman–Crippen MR) is 86.8 cm³/mol. The van der Waals surface area contributed by atoms with Gasteiger partial charge in [-0.2, -0.15) is 11.3 Å². The lowest BCUT2D eigenvalue weighted by atomic mass is 9.68. The molecular weight excluding hydrogens is 264 g/mol. The molecule has 2 aliphatic rings. The summed E-state index contributed by atoms with van der Waals surface area (Å²) < 4.78 is 0. The van der Waals surface area contributed by atoms with Gasteiger partial charge in [-0.3, -0.25) is 4.90 Å². The summed E-state index contributed by atoms with van der Waals surface area (Å²) in [6.07, 6.45) is 6.73. The van der Waals surface area contributed by atoms with Crippen molar-refractivity contribution in [3.05, 3.63) is 22.4 Å². The van der Waals surface area contributed by atoms with Crippen LogP contribution < -0.4 is 5.73 Å². The topological polar surface area (TPSA) is 29.3 Å². The monoisotopic (exact) mass is 292 g/mol. The lowest BCUT2D eigenvalue weighted by Gasteiger charge is -2.43. The van der Waals surface area contributed by atoms with Gasteiger partial charge in [0.25, 0.3) is 0 Å². The van der Waals surface area contributed by atoms with E-state index in [0.717, 1.165) is 12.6 Å². The first-order chi connectivity index (χ1) is 9.56. The zero-order valence-corrected chi connectivity index (χ0v) is 13.7. The van der Waals surface area contributed by atoms with Gasteiger partial charge in [-0.05, 0) is 59.4 Å². The standard InChI is InChI=1S/C17H28N2S/c1-17(2)8-3-4-14(16(17)18)11-19(15-5-6-15)10-13-7-9-20-12-13/h7,9,12,14-16H,3-6,8,10-11,18H2,1-2H3. The van der Waals surface area contributed by atoms with Crippen molar-refractivity contribution in [1.82, 2.24) is 4.90 Å². The minimum Gasteiger partial charge on any atom is -0.327 e. The molecule has 0 bridgehead atoms. The van der Waals surface area contributed by atoms with Crippen molar-refractivity contribution in [2.24, 2.45) is 17.1 Å². The Morgan fingerprint density at radius 2 is 2.15 bits per heavy atom. The van der Waals surface area contributed by atoms with Crippen LogP contribution in [0.15, 0.2) is 16.8 Å². The quantitative estimate of drug-likeness (QED) is 0.892. The van der Waals surface area contributed by atoms with Crippen molar-refractivity contribution in [3.8, 4) is 0 Å². The van der Waals surface area contributed by atoms with E-state index < -0.39 is 0 Å². The molecule has 0 aliphatic heterocycles. The van der Waals surface area contributed by atoms with E-state index in [-0.39, 0.29) is 0 Å². The molecule has 20 heavy (non-hydrogen) atoms. The van der Waals surface area contributed by atoms with Crippen molar-refractivity contribution < 1.29 is 0 Å². The molecule has 2 saturated carbocycles. The highest BCUT2D eigenvalue weighted by molar-refractivity contribution is 7.07. The summed E-state index contributed by atoms with van der Waals surface area (Å²) in [7, 11) is 0. The zero-order chi connectivity index (χ0) is 14.2. The second-order valence-electron chi connectivity index (χ2n) is 7.46. The van der Waals surface area contributed by atoms with Crippen LogP contribution in [0.25, 0.3) is 0 Å². The van der Waals surface area contributed by atoms with Gasteiger partial charge in [0.05, 0.1) is 0 Å². The van der Waals surface area contributed by atoms with Crippen molar-refractivity contribution in [2.45, 2.75) is 64.6 Å². The summed E-state index contributed by atoms with van der Waals surface area (Å²) in [6, 6.07) is 3.46. The molecule has 2 fully saturated rings. The van der Waals surface area contributed by atoms with Crippen molar-refractivity contribution >= 4 is 11.3 Å². The Labute approximate surface area is 127 Å². The van der Waals surface area contributed by atoms with Crippen molar-refractivity contribution in [2.75, 3.05) is 6.54 Å². The lowest BCUT2D eigenvalue weighted by Crippen LogP contribution is -2.50. The normalized spacial score (nSPS) is 29.8. The summed E-state index contributed by atoms with van der Waals surface area (Å²) in [5, 5.41) is 4.48. The molecule has 2 unspecified atom stereocenters. The molecule has 1 aromatic rings. The van der Waals surface area contributed by atoms with Gasteiger partial charge in [-0.25, -0.2) is 0 Å². The highest BCUT2D eigenvalue weighted by Crippen LogP contribution is 2.39. The molecule has 3 heteroatoms. The van der Waals surface area contributed by atoms with Gasteiger partial charge in [0.1, 0.15) is 0 Å². The average molecular weight is 292 g/mol. The lowest BCUT2D eigenvalue weighted by molar-refractivity contribution is 0.0962. The SMILES string of the molecule is CC1(C)CCCC(CN(Cc2ccsc2)C2CC2)C1N. The molecule has 1 aromatic heterocycles. The van der Waals surface area contributed by atoms with Crippen LogP contribution in [0.5, 0.6) is 0 Å². The summed E-state index contributed by atoms with van der Waals surface area (Å²) in [5.41, 5.74) is 8.37. The molecule has 2 aliphatic carbocycles. The molecule has 1 heterocycles. The molecular formula is C17H28N2S. The van der Waals surface area contributed by atoms with Crippen LogP contribution in [0.2, 0.25) is 0 Å². The van der Waals surface area contributed by atoms with Crippen LogP contribution in [-0.4, -0.2) is 23.5 Å². The third-order valence-electron chi connectivity index (χ3n) is 5.30. The number of thiophene rings is 1. The van der Waals surface area contributed by atoms with Gasteiger partial charge in [0.2, 0.25) is 0 Å². The maximum Gasteiger partial charge on any atom is 0.0245 e. The highest BCUT2D eigenvalue weighted by atomic mass is 32.1. The maximum absolute atomic E-state index is 6.57. The van der Waals surface area contributed by atoms with Gasteiger partial charge in [-0.1, -0.05) is 20.3 Å². The van der Waals surface area contributed by atoms with Gasteiger partial charge < -0.3 is 5.73 Å². The van der Waals surface area contributed by atoms with E-state index in [1.165, 1.54) is 44.2 Å². The zero-order valence-electron chi connectivity index (χ0n) is 12.8. The molecule has 2 atom stereocenters. The largest absolute Gasteiger partial charge is 0.327 e. The van der Waals surface area contributed by atoms with Crippen LogP contribution in [0.1, 0.15) is 51.5 Å². The van der Waals surface area contributed by atoms with Crippen LogP contribution >= 0.6 is 11.3 Å². The van der Waals surface area contributed by atoms with Crippen molar-refractivity contribution in [1.29, 1.82) is 0 Å². The molecule has 0 aromatic carbocycles. The number of nitrogens with zero attached hydrogens (tertiary/aromatic N) is 1. The number of hydrogen-bond donors (Lipinski definition) is 1. The van der Waals surface area contributed by atoms with E-state index in [0.29, 0.717) is 17.4 Å².